The number of hydrogen-bond acceptors (Lipinski definition) is 2. The van der Waals surface area contributed by atoms with Gasteiger partial charge >= 0.3 is 0 Å². The summed E-state index contributed by atoms with van der Waals surface area (Å²) in [5.41, 5.74) is 1.42. The molecule has 0 saturated carbocycles. The topological polar surface area (TPSA) is 15.3 Å². The second-order valence-corrected chi connectivity index (χ2v) is 4.53. The molecule has 1 unspecified atom stereocenters. The fraction of sp³-hybridized carbons (Fsp3) is 0.571. The second-order valence-electron chi connectivity index (χ2n) is 4.53. The zero-order valence-electron chi connectivity index (χ0n) is 11.0. The monoisotopic (exact) mass is 290 g/mol. The van der Waals surface area contributed by atoms with Gasteiger partial charge in [-0.1, -0.05) is 37.3 Å². The van der Waals surface area contributed by atoms with E-state index < -0.39 is 0 Å². The molecule has 1 aliphatic rings. The molecule has 0 aromatic heterocycles. The minimum Gasteiger partial charge on any atom is -0.302 e. The Morgan fingerprint density at radius 3 is 2.56 bits per heavy atom. The van der Waals surface area contributed by atoms with E-state index in [1.165, 1.54) is 31.4 Å². The molecule has 104 valence electrons. The Balaban J connectivity index is 0.00000144. The Kier molecular flexibility index (Phi) is 9.47. The molecule has 1 aromatic carbocycles. The first kappa shape index (κ1) is 17.7. The Labute approximate surface area is 123 Å². The number of hydrogen-bond donors (Lipinski definition) is 1. The molecular weight excluding hydrogens is 267 g/mol. The normalized spacial score (nSPS) is 19.7. The number of benzene rings is 1. The van der Waals surface area contributed by atoms with Crippen LogP contribution in [0.15, 0.2) is 30.3 Å². The minimum absolute atomic E-state index is 0. The third kappa shape index (κ3) is 5.15. The molecule has 0 spiro atoms. The smallest absolute Gasteiger partial charge is 0.0600 e. The van der Waals surface area contributed by atoms with E-state index in [1.54, 1.807) is 0 Å². The molecule has 1 N–H and O–H groups in total. The van der Waals surface area contributed by atoms with E-state index in [9.17, 15) is 0 Å². The highest BCUT2D eigenvalue weighted by Crippen LogP contribution is 2.17. The lowest BCUT2D eigenvalue weighted by molar-refractivity contribution is 0.114. The number of likely N-dealkylation sites (tertiary alicyclic amines) is 1. The molecule has 0 amide bonds. The summed E-state index contributed by atoms with van der Waals surface area (Å²) in [5.74, 6) is 0. The lowest BCUT2D eigenvalue weighted by Crippen LogP contribution is -2.47. The maximum absolute atomic E-state index is 3.58. The number of piperidine rings is 1. The van der Waals surface area contributed by atoms with Crippen LogP contribution in [0, 0.1) is 0 Å². The summed E-state index contributed by atoms with van der Waals surface area (Å²) >= 11 is 0. The lowest BCUT2D eigenvalue weighted by atomic mass is 10.1. The molecule has 18 heavy (non-hydrogen) atoms. The second kappa shape index (κ2) is 9.62. The molecule has 0 aliphatic carbocycles. The van der Waals surface area contributed by atoms with Crippen molar-refractivity contribution in [1.82, 2.24) is 10.2 Å². The minimum atomic E-state index is 0. The number of rotatable bonds is 4. The summed E-state index contributed by atoms with van der Waals surface area (Å²) in [6.45, 7) is 5.57. The van der Waals surface area contributed by atoms with E-state index in [-0.39, 0.29) is 24.8 Å². The van der Waals surface area contributed by atoms with E-state index >= 15 is 0 Å². The number of nitrogens with one attached hydrogen (secondary N) is 1. The summed E-state index contributed by atoms with van der Waals surface area (Å²) in [5, 5.41) is 3.58. The van der Waals surface area contributed by atoms with Crippen molar-refractivity contribution in [3.63, 3.8) is 0 Å². The van der Waals surface area contributed by atoms with Gasteiger partial charge < -0.3 is 5.32 Å². The highest BCUT2D eigenvalue weighted by Gasteiger charge is 2.20. The number of nitrogens with zero attached hydrogens (tertiary/aromatic N) is 1. The van der Waals surface area contributed by atoms with Gasteiger partial charge in [-0.25, -0.2) is 0 Å². The van der Waals surface area contributed by atoms with Crippen LogP contribution in [-0.4, -0.2) is 24.2 Å². The summed E-state index contributed by atoms with van der Waals surface area (Å²) in [6, 6.07) is 10.8. The van der Waals surface area contributed by atoms with Crippen LogP contribution in [0.3, 0.4) is 0 Å². The lowest BCUT2D eigenvalue weighted by Gasteiger charge is -2.36. The molecule has 1 aromatic rings. The van der Waals surface area contributed by atoms with E-state index in [0.29, 0.717) is 6.17 Å². The molecule has 2 nitrogen and oxygen atoms in total. The predicted molar refractivity (Wildman–Crippen MR) is 82.7 cm³/mol. The fourth-order valence-electron chi connectivity index (χ4n) is 2.46. The van der Waals surface area contributed by atoms with E-state index in [0.717, 1.165) is 13.1 Å². The van der Waals surface area contributed by atoms with Crippen molar-refractivity contribution in [2.45, 2.75) is 38.9 Å². The van der Waals surface area contributed by atoms with Crippen LogP contribution in [-0.2, 0) is 6.54 Å². The maximum atomic E-state index is 3.58. The summed E-state index contributed by atoms with van der Waals surface area (Å²) in [7, 11) is 0. The predicted octanol–water partition coefficient (Wildman–Crippen LogP) is 3.45. The molecular formula is C14H24Cl2N2. The molecule has 0 bridgehead atoms. The van der Waals surface area contributed by atoms with Gasteiger partial charge in [0.05, 0.1) is 6.17 Å². The van der Waals surface area contributed by atoms with Gasteiger partial charge in [-0.05, 0) is 37.9 Å². The third-order valence-corrected chi connectivity index (χ3v) is 3.28. The summed E-state index contributed by atoms with van der Waals surface area (Å²) in [4.78, 5) is 2.57. The van der Waals surface area contributed by atoms with Gasteiger partial charge in [0, 0.05) is 6.54 Å². The van der Waals surface area contributed by atoms with E-state index in [1.807, 2.05) is 0 Å². The van der Waals surface area contributed by atoms with Gasteiger partial charge in [-0.15, -0.1) is 24.8 Å². The Hall–Kier alpha value is -0.280. The van der Waals surface area contributed by atoms with Gasteiger partial charge in [0.2, 0.25) is 0 Å². The highest BCUT2D eigenvalue weighted by atomic mass is 35.5. The van der Waals surface area contributed by atoms with E-state index in [2.05, 4.69) is 47.5 Å². The first-order valence-electron chi connectivity index (χ1n) is 6.41. The molecule has 1 fully saturated rings. The molecule has 2 rings (SSSR count). The van der Waals surface area contributed by atoms with Crippen molar-refractivity contribution >= 4 is 24.8 Å². The van der Waals surface area contributed by atoms with Crippen molar-refractivity contribution in [3.05, 3.63) is 35.9 Å². The largest absolute Gasteiger partial charge is 0.302 e. The molecule has 1 heterocycles. The molecule has 1 saturated heterocycles. The quantitative estimate of drug-likeness (QED) is 0.914. The molecule has 4 heteroatoms. The molecule has 0 radical (unpaired) electrons. The zero-order chi connectivity index (χ0) is 11.2. The van der Waals surface area contributed by atoms with E-state index in [4.69, 9.17) is 0 Å². The fourth-order valence-corrected chi connectivity index (χ4v) is 2.46. The zero-order valence-corrected chi connectivity index (χ0v) is 12.6. The average Bonchev–Trinajstić information content (AvgIpc) is 2.33. The Morgan fingerprint density at radius 2 is 1.89 bits per heavy atom. The molecule has 1 aliphatic heterocycles. The van der Waals surface area contributed by atoms with Gasteiger partial charge in [0.1, 0.15) is 0 Å². The van der Waals surface area contributed by atoms with Crippen LogP contribution in [0.4, 0.5) is 0 Å². The van der Waals surface area contributed by atoms with Crippen molar-refractivity contribution in [3.8, 4) is 0 Å². The number of halogens is 2. The van der Waals surface area contributed by atoms with Crippen LogP contribution in [0.5, 0.6) is 0 Å². The van der Waals surface area contributed by atoms with Crippen LogP contribution in [0.2, 0.25) is 0 Å². The SMILES string of the molecule is CCNC1CCCCN1Cc1ccccc1.Cl.Cl. The summed E-state index contributed by atoms with van der Waals surface area (Å²) in [6.07, 6.45) is 4.58. The van der Waals surface area contributed by atoms with Gasteiger partial charge in [-0.3, -0.25) is 4.90 Å². The Bertz CT molecular complexity index is 304. The average molecular weight is 291 g/mol. The molecule has 1 atom stereocenters. The van der Waals surface area contributed by atoms with Crippen molar-refractivity contribution in [1.29, 1.82) is 0 Å². The first-order chi connectivity index (χ1) is 7.90. The van der Waals surface area contributed by atoms with Crippen LogP contribution < -0.4 is 5.32 Å². The van der Waals surface area contributed by atoms with Gasteiger partial charge in [0.25, 0.3) is 0 Å². The van der Waals surface area contributed by atoms with Crippen molar-refractivity contribution in [2.75, 3.05) is 13.1 Å². The van der Waals surface area contributed by atoms with Crippen molar-refractivity contribution in [2.24, 2.45) is 0 Å². The van der Waals surface area contributed by atoms with Gasteiger partial charge in [0.15, 0.2) is 0 Å². The standard InChI is InChI=1S/C14H22N2.2ClH/c1-2-15-14-10-6-7-11-16(14)12-13-8-4-3-5-9-13;;/h3-5,8-9,14-15H,2,6-7,10-12H2,1H3;2*1H. The van der Waals surface area contributed by atoms with Crippen molar-refractivity contribution < 1.29 is 0 Å². The van der Waals surface area contributed by atoms with Gasteiger partial charge in [-0.2, -0.15) is 0 Å². The van der Waals surface area contributed by atoms with Crippen LogP contribution in [0.25, 0.3) is 0 Å². The van der Waals surface area contributed by atoms with Crippen LogP contribution in [0.1, 0.15) is 31.7 Å². The van der Waals surface area contributed by atoms with Crippen LogP contribution >= 0.6 is 24.8 Å². The first-order valence-corrected chi connectivity index (χ1v) is 6.41. The maximum Gasteiger partial charge on any atom is 0.0600 e. The third-order valence-electron chi connectivity index (χ3n) is 3.28. The highest BCUT2D eigenvalue weighted by molar-refractivity contribution is 5.85. The summed E-state index contributed by atoms with van der Waals surface area (Å²) < 4.78 is 0. The Morgan fingerprint density at radius 1 is 1.17 bits per heavy atom.